The first-order valence-electron chi connectivity index (χ1n) is 4.05. The monoisotopic (exact) mass is 150 g/mol. The molecule has 11 heavy (non-hydrogen) atoms. The SMILES string of the molecule is CC[n+]1ccc2c(c1)OCC2. The highest BCUT2D eigenvalue weighted by atomic mass is 16.5. The standard InChI is InChI=1S/C9H12NO/c1-2-10-5-3-8-4-6-11-9(8)7-10/h3,5,7H,2,4,6H2,1H3/q+1. The van der Waals surface area contributed by atoms with Crippen LogP contribution >= 0.6 is 0 Å². The van der Waals surface area contributed by atoms with Crippen LogP contribution in [0.1, 0.15) is 12.5 Å². The van der Waals surface area contributed by atoms with Crippen molar-refractivity contribution in [3.63, 3.8) is 0 Å². The van der Waals surface area contributed by atoms with Gasteiger partial charge < -0.3 is 4.74 Å². The van der Waals surface area contributed by atoms with E-state index >= 15 is 0 Å². The molecule has 1 aromatic heterocycles. The summed E-state index contributed by atoms with van der Waals surface area (Å²) in [5.74, 6) is 1.06. The van der Waals surface area contributed by atoms with Crippen molar-refractivity contribution in [2.45, 2.75) is 19.9 Å². The summed E-state index contributed by atoms with van der Waals surface area (Å²) in [6.45, 7) is 3.99. The lowest BCUT2D eigenvalue weighted by Gasteiger charge is -1.95. The number of rotatable bonds is 1. The van der Waals surface area contributed by atoms with E-state index in [1.807, 2.05) is 0 Å². The molecule has 2 heterocycles. The van der Waals surface area contributed by atoms with Gasteiger partial charge in [-0.05, 0) is 6.92 Å². The Hall–Kier alpha value is -1.05. The molecule has 1 aliphatic rings. The van der Waals surface area contributed by atoms with Crippen LogP contribution in [0.15, 0.2) is 18.5 Å². The maximum absolute atomic E-state index is 5.42. The van der Waals surface area contributed by atoms with Crippen LogP contribution in [0, 0.1) is 0 Å². The van der Waals surface area contributed by atoms with Crippen LogP contribution < -0.4 is 9.30 Å². The Morgan fingerprint density at radius 3 is 3.36 bits per heavy atom. The van der Waals surface area contributed by atoms with Gasteiger partial charge in [0.05, 0.1) is 6.61 Å². The van der Waals surface area contributed by atoms with Crippen molar-refractivity contribution in [2.24, 2.45) is 0 Å². The predicted molar refractivity (Wildman–Crippen MR) is 41.5 cm³/mol. The van der Waals surface area contributed by atoms with Gasteiger partial charge in [-0.3, -0.25) is 0 Å². The summed E-state index contributed by atoms with van der Waals surface area (Å²) in [5.41, 5.74) is 1.34. The van der Waals surface area contributed by atoms with Gasteiger partial charge in [-0.2, -0.15) is 0 Å². The Bertz CT molecular complexity index is 270. The van der Waals surface area contributed by atoms with Crippen molar-refractivity contribution in [2.75, 3.05) is 6.61 Å². The lowest BCUT2D eigenvalue weighted by molar-refractivity contribution is -0.693. The van der Waals surface area contributed by atoms with Crippen molar-refractivity contribution >= 4 is 0 Å². The van der Waals surface area contributed by atoms with Gasteiger partial charge in [-0.1, -0.05) is 0 Å². The van der Waals surface area contributed by atoms with E-state index in [1.54, 1.807) is 0 Å². The fourth-order valence-corrected chi connectivity index (χ4v) is 1.35. The van der Waals surface area contributed by atoms with Gasteiger partial charge in [-0.25, -0.2) is 4.57 Å². The van der Waals surface area contributed by atoms with Gasteiger partial charge in [0.1, 0.15) is 6.54 Å². The molecule has 1 aliphatic heterocycles. The van der Waals surface area contributed by atoms with Gasteiger partial charge >= 0.3 is 0 Å². The van der Waals surface area contributed by atoms with E-state index in [-0.39, 0.29) is 0 Å². The maximum atomic E-state index is 5.42. The number of hydrogen-bond acceptors (Lipinski definition) is 1. The zero-order valence-electron chi connectivity index (χ0n) is 6.71. The minimum atomic E-state index is 0.850. The predicted octanol–water partition coefficient (Wildman–Crippen LogP) is 0.929. The topological polar surface area (TPSA) is 13.1 Å². The molecule has 0 saturated carbocycles. The van der Waals surface area contributed by atoms with Crippen molar-refractivity contribution in [3.05, 3.63) is 24.0 Å². The molecule has 0 spiro atoms. The lowest BCUT2D eigenvalue weighted by Crippen LogP contribution is -2.30. The van der Waals surface area contributed by atoms with Gasteiger partial charge in [-0.15, -0.1) is 0 Å². The van der Waals surface area contributed by atoms with Crippen LogP contribution in [0.5, 0.6) is 5.75 Å². The summed E-state index contributed by atoms with van der Waals surface area (Å²) in [7, 11) is 0. The second kappa shape index (κ2) is 2.53. The number of ether oxygens (including phenoxy) is 1. The second-order valence-electron chi connectivity index (χ2n) is 2.76. The van der Waals surface area contributed by atoms with Gasteiger partial charge in [0.2, 0.25) is 6.20 Å². The molecule has 0 amide bonds. The molecule has 0 aliphatic carbocycles. The van der Waals surface area contributed by atoms with E-state index in [1.165, 1.54) is 5.56 Å². The fraction of sp³-hybridized carbons (Fsp3) is 0.444. The Balaban J connectivity index is 2.41. The van der Waals surface area contributed by atoms with Crippen molar-refractivity contribution < 1.29 is 9.30 Å². The summed E-state index contributed by atoms with van der Waals surface area (Å²) >= 11 is 0. The summed E-state index contributed by atoms with van der Waals surface area (Å²) in [6, 6.07) is 2.14. The smallest absolute Gasteiger partial charge is 0.211 e. The highest BCUT2D eigenvalue weighted by Crippen LogP contribution is 2.21. The van der Waals surface area contributed by atoms with Crippen LogP contribution in [-0.2, 0) is 13.0 Å². The van der Waals surface area contributed by atoms with Crippen LogP contribution in [0.2, 0.25) is 0 Å². The van der Waals surface area contributed by atoms with E-state index in [9.17, 15) is 0 Å². The minimum Gasteiger partial charge on any atom is -0.487 e. The number of hydrogen-bond donors (Lipinski definition) is 0. The fourth-order valence-electron chi connectivity index (χ4n) is 1.35. The van der Waals surface area contributed by atoms with Crippen molar-refractivity contribution in [1.82, 2.24) is 0 Å². The molecule has 0 N–H and O–H groups in total. The van der Waals surface area contributed by atoms with Crippen molar-refractivity contribution in [3.8, 4) is 5.75 Å². The van der Waals surface area contributed by atoms with Gasteiger partial charge in [0.15, 0.2) is 11.9 Å². The van der Waals surface area contributed by atoms with E-state index in [4.69, 9.17) is 4.74 Å². The first-order valence-corrected chi connectivity index (χ1v) is 4.05. The third kappa shape index (κ3) is 1.09. The Morgan fingerprint density at radius 2 is 2.55 bits per heavy atom. The Kier molecular flexibility index (Phi) is 1.53. The van der Waals surface area contributed by atoms with Crippen LogP contribution in [-0.4, -0.2) is 6.61 Å². The number of aromatic nitrogens is 1. The molecule has 2 nitrogen and oxygen atoms in total. The second-order valence-corrected chi connectivity index (χ2v) is 2.76. The molecule has 1 aromatic rings. The number of aryl methyl sites for hydroxylation is 1. The number of fused-ring (bicyclic) bond motifs is 1. The molecular formula is C9H12NO+. The van der Waals surface area contributed by atoms with E-state index in [2.05, 4.69) is 30.0 Å². The van der Waals surface area contributed by atoms with E-state index in [0.717, 1.165) is 25.3 Å². The molecule has 0 saturated heterocycles. The normalized spacial score (nSPS) is 14.3. The van der Waals surface area contributed by atoms with Crippen LogP contribution in [0.25, 0.3) is 0 Å². The highest BCUT2D eigenvalue weighted by molar-refractivity contribution is 5.31. The summed E-state index contributed by atoms with van der Waals surface area (Å²) in [6.07, 6.45) is 5.25. The first kappa shape index (κ1) is 6.65. The Labute approximate surface area is 66.4 Å². The van der Waals surface area contributed by atoms with E-state index in [0.29, 0.717) is 0 Å². The average Bonchev–Trinajstić information content (AvgIpc) is 2.50. The number of nitrogens with zero attached hydrogens (tertiary/aromatic N) is 1. The molecule has 0 unspecified atom stereocenters. The lowest BCUT2D eigenvalue weighted by atomic mass is 10.2. The quantitative estimate of drug-likeness (QED) is 0.543. The summed E-state index contributed by atoms with van der Waals surface area (Å²) in [5, 5.41) is 0. The zero-order valence-corrected chi connectivity index (χ0v) is 6.71. The minimum absolute atomic E-state index is 0.850. The first-order chi connectivity index (χ1) is 5.40. The van der Waals surface area contributed by atoms with Crippen molar-refractivity contribution in [1.29, 1.82) is 0 Å². The molecule has 0 radical (unpaired) electrons. The maximum Gasteiger partial charge on any atom is 0.211 e. The van der Waals surface area contributed by atoms with Gasteiger partial charge in [0.25, 0.3) is 0 Å². The molecule has 0 fully saturated rings. The molecule has 0 atom stereocenters. The molecule has 2 rings (SSSR count). The molecular weight excluding hydrogens is 138 g/mol. The largest absolute Gasteiger partial charge is 0.487 e. The zero-order chi connectivity index (χ0) is 7.68. The number of pyridine rings is 1. The molecule has 0 bridgehead atoms. The molecule has 0 aromatic carbocycles. The van der Waals surface area contributed by atoms with Crippen LogP contribution in [0.3, 0.4) is 0 Å². The van der Waals surface area contributed by atoms with E-state index < -0.39 is 0 Å². The summed E-state index contributed by atoms with van der Waals surface area (Å²) < 4.78 is 7.55. The highest BCUT2D eigenvalue weighted by Gasteiger charge is 2.14. The third-order valence-electron chi connectivity index (χ3n) is 2.06. The molecule has 2 heteroatoms. The average molecular weight is 150 g/mol. The van der Waals surface area contributed by atoms with Gasteiger partial charge in [0, 0.05) is 18.1 Å². The third-order valence-corrected chi connectivity index (χ3v) is 2.06. The Morgan fingerprint density at radius 1 is 1.64 bits per heavy atom. The molecule has 58 valence electrons. The summed E-state index contributed by atoms with van der Waals surface area (Å²) in [4.78, 5) is 0. The van der Waals surface area contributed by atoms with Crippen LogP contribution in [0.4, 0.5) is 0 Å².